The predicted octanol–water partition coefficient (Wildman–Crippen LogP) is -0.0593. The van der Waals surface area contributed by atoms with E-state index in [2.05, 4.69) is 9.17 Å². The lowest BCUT2D eigenvalue weighted by Gasteiger charge is -1.89. The maximum Gasteiger partial charge on any atom is 0.374 e. The van der Waals surface area contributed by atoms with Gasteiger partial charge in [-0.2, -0.15) is 8.42 Å². The maximum atomic E-state index is 11.0. The Hall–Kier alpha value is -1.43. The van der Waals surface area contributed by atoms with Gasteiger partial charge in [-0.3, -0.25) is 0 Å². The summed E-state index contributed by atoms with van der Waals surface area (Å²) in [7, 11) is -3.87. The van der Waals surface area contributed by atoms with Crippen LogP contribution in [0.25, 0.3) is 0 Å². The summed E-state index contributed by atoms with van der Waals surface area (Å²) in [5.41, 5.74) is -0.141. The first-order valence-corrected chi connectivity index (χ1v) is 4.46. The molecular formula is C6H3NO4S. The molecule has 62 valence electrons. The largest absolute Gasteiger partial charge is 0.374 e. The summed E-state index contributed by atoms with van der Waals surface area (Å²) < 4.78 is 26.1. The standard InChI is InChI=1S/C6H3NO4S/c8-6-5-4(2-1-3-7-5)12(9,10)11-6/h1-3H. The quantitative estimate of drug-likeness (QED) is 0.529. The smallest absolute Gasteiger partial charge is 0.336 e. The lowest BCUT2D eigenvalue weighted by atomic mass is 10.3. The summed E-state index contributed by atoms with van der Waals surface area (Å²) in [5.74, 6) is -0.911. The number of hydrogen-bond acceptors (Lipinski definition) is 5. The fourth-order valence-corrected chi connectivity index (χ4v) is 1.92. The number of hydrogen-bond donors (Lipinski definition) is 0. The third kappa shape index (κ3) is 0.814. The van der Waals surface area contributed by atoms with E-state index in [1.165, 1.54) is 18.3 Å². The molecule has 1 aromatic heterocycles. The van der Waals surface area contributed by atoms with E-state index in [0.29, 0.717) is 0 Å². The summed E-state index contributed by atoms with van der Waals surface area (Å²) in [5, 5.41) is 0. The topological polar surface area (TPSA) is 73.3 Å². The summed E-state index contributed by atoms with van der Waals surface area (Å²) in [6.07, 6.45) is 1.33. The van der Waals surface area contributed by atoms with Crippen LogP contribution < -0.4 is 0 Å². The van der Waals surface area contributed by atoms with Crippen molar-refractivity contribution in [1.82, 2.24) is 4.98 Å². The van der Waals surface area contributed by atoms with Gasteiger partial charge in [0.15, 0.2) is 5.69 Å². The van der Waals surface area contributed by atoms with E-state index in [1.54, 1.807) is 0 Å². The highest BCUT2D eigenvalue weighted by Gasteiger charge is 2.36. The van der Waals surface area contributed by atoms with Crippen molar-refractivity contribution < 1.29 is 17.4 Å². The Morgan fingerprint density at radius 1 is 1.42 bits per heavy atom. The van der Waals surface area contributed by atoms with Gasteiger partial charge in [-0.25, -0.2) is 9.78 Å². The van der Waals surface area contributed by atoms with Crippen LogP contribution in [-0.2, 0) is 14.3 Å². The minimum absolute atomic E-state index is 0.141. The van der Waals surface area contributed by atoms with Gasteiger partial charge in [-0.1, -0.05) is 0 Å². The average Bonchev–Trinajstić information content (AvgIpc) is 2.25. The van der Waals surface area contributed by atoms with Crippen molar-refractivity contribution in [3.63, 3.8) is 0 Å². The van der Waals surface area contributed by atoms with Gasteiger partial charge in [-0.15, -0.1) is 0 Å². The lowest BCUT2D eigenvalue weighted by Crippen LogP contribution is -1.99. The third-order valence-corrected chi connectivity index (χ3v) is 2.66. The molecule has 2 heterocycles. The molecule has 0 fully saturated rings. The molecule has 1 aromatic rings. The zero-order valence-electron chi connectivity index (χ0n) is 5.72. The number of carbonyl (C=O) groups excluding carboxylic acids is 1. The maximum absolute atomic E-state index is 11.0. The zero-order chi connectivity index (χ0) is 8.77. The van der Waals surface area contributed by atoms with Gasteiger partial charge in [0.05, 0.1) is 0 Å². The summed E-state index contributed by atoms with van der Waals surface area (Å²) >= 11 is 0. The van der Waals surface area contributed by atoms with Crippen LogP contribution in [0.5, 0.6) is 0 Å². The van der Waals surface area contributed by atoms with Crippen LogP contribution in [-0.4, -0.2) is 19.4 Å². The van der Waals surface area contributed by atoms with E-state index in [9.17, 15) is 13.2 Å². The Bertz CT molecular complexity index is 450. The molecule has 1 aliphatic heterocycles. The highest BCUT2D eigenvalue weighted by Crippen LogP contribution is 2.24. The lowest BCUT2D eigenvalue weighted by molar-refractivity contribution is 0.0757. The second-order valence-corrected chi connectivity index (χ2v) is 3.69. The highest BCUT2D eigenvalue weighted by atomic mass is 32.2. The molecule has 2 rings (SSSR count). The van der Waals surface area contributed by atoms with Gasteiger partial charge in [0, 0.05) is 6.20 Å². The first kappa shape index (κ1) is 7.23. The van der Waals surface area contributed by atoms with Crippen LogP contribution in [0.2, 0.25) is 0 Å². The highest BCUT2D eigenvalue weighted by molar-refractivity contribution is 7.87. The molecule has 1 aliphatic rings. The van der Waals surface area contributed by atoms with Crippen molar-refractivity contribution in [3.05, 3.63) is 24.0 Å². The van der Waals surface area contributed by atoms with Crippen LogP contribution in [0, 0.1) is 0 Å². The first-order valence-electron chi connectivity index (χ1n) is 3.05. The zero-order valence-corrected chi connectivity index (χ0v) is 6.54. The van der Waals surface area contributed by atoms with Crippen LogP contribution >= 0.6 is 0 Å². The van der Waals surface area contributed by atoms with Crippen molar-refractivity contribution in [2.75, 3.05) is 0 Å². The van der Waals surface area contributed by atoms with E-state index >= 15 is 0 Å². The monoisotopic (exact) mass is 185 g/mol. The molecule has 0 aliphatic carbocycles. The molecule has 0 saturated carbocycles. The molecule has 12 heavy (non-hydrogen) atoms. The van der Waals surface area contributed by atoms with E-state index in [0.717, 1.165) is 0 Å². The Morgan fingerprint density at radius 3 is 2.83 bits per heavy atom. The van der Waals surface area contributed by atoms with Gasteiger partial charge in [0.25, 0.3) is 0 Å². The van der Waals surface area contributed by atoms with Crippen molar-refractivity contribution in [1.29, 1.82) is 0 Å². The van der Waals surface area contributed by atoms with E-state index in [4.69, 9.17) is 0 Å². The number of aromatic nitrogens is 1. The normalized spacial score (nSPS) is 18.5. The van der Waals surface area contributed by atoms with Crippen molar-refractivity contribution >= 4 is 16.1 Å². The predicted molar refractivity (Wildman–Crippen MR) is 36.8 cm³/mol. The molecule has 0 atom stereocenters. The van der Waals surface area contributed by atoms with Crippen LogP contribution in [0.3, 0.4) is 0 Å². The van der Waals surface area contributed by atoms with E-state index in [-0.39, 0.29) is 10.6 Å². The molecule has 0 N–H and O–H groups in total. The molecule has 0 saturated heterocycles. The van der Waals surface area contributed by atoms with E-state index in [1.807, 2.05) is 0 Å². The van der Waals surface area contributed by atoms with Crippen molar-refractivity contribution in [3.8, 4) is 0 Å². The molecular weight excluding hydrogens is 182 g/mol. The molecule has 6 heteroatoms. The van der Waals surface area contributed by atoms with Gasteiger partial charge in [0.1, 0.15) is 4.90 Å². The Balaban J connectivity index is 2.83. The number of pyridine rings is 1. The third-order valence-electron chi connectivity index (χ3n) is 1.42. The van der Waals surface area contributed by atoms with Gasteiger partial charge in [-0.05, 0) is 12.1 Å². The van der Waals surface area contributed by atoms with Gasteiger partial charge >= 0.3 is 16.1 Å². The molecule has 0 radical (unpaired) electrons. The van der Waals surface area contributed by atoms with E-state index < -0.39 is 16.1 Å². The Labute approximate surface area is 68.1 Å². The number of fused-ring (bicyclic) bond motifs is 1. The summed E-state index contributed by atoms with van der Waals surface area (Å²) in [6.45, 7) is 0. The number of carbonyl (C=O) groups is 1. The fraction of sp³-hybridized carbons (Fsp3) is 0. The minimum Gasteiger partial charge on any atom is -0.336 e. The Kier molecular flexibility index (Phi) is 1.23. The molecule has 0 spiro atoms. The van der Waals surface area contributed by atoms with Crippen LogP contribution in [0.4, 0.5) is 0 Å². The minimum atomic E-state index is -3.87. The van der Waals surface area contributed by atoms with Gasteiger partial charge < -0.3 is 4.18 Å². The summed E-state index contributed by atoms with van der Waals surface area (Å²) in [6, 6.07) is 2.71. The number of rotatable bonds is 0. The SMILES string of the molecule is O=C1OS(=O)(=O)c2cccnc21. The van der Waals surface area contributed by atoms with Crippen LogP contribution in [0.1, 0.15) is 10.5 Å². The molecule has 5 nitrogen and oxygen atoms in total. The van der Waals surface area contributed by atoms with Crippen LogP contribution in [0.15, 0.2) is 23.2 Å². The second-order valence-electron chi connectivity index (χ2n) is 2.18. The van der Waals surface area contributed by atoms with Gasteiger partial charge in [0.2, 0.25) is 0 Å². The second kappa shape index (κ2) is 2.04. The first-order chi connectivity index (χ1) is 5.61. The average molecular weight is 185 g/mol. The molecule has 0 bridgehead atoms. The molecule has 0 amide bonds. The van der Waals surface area contributed by atoms with Crippen molar-refractivity contribution in [2.24, 2.45) is 0 Å². The van der Waals surface area contributed by atoms with Crippen molar-refractivity contribution in [2.45, 2.75) is 4.90 Å². The summed E-state index contributed by atoms with van der Waals surface area (Å²) in [4.78, 5) is 14.2. The molecule has 0 aromatic carbocycles. The molecule has 0 unspecified atom stereocenters. The fourth-order valence-electron chi connectivity index (χ4n) is 0.930. The Morgan fingerprint density at radius 2 is 2.17 bits per heavy atom. The number of nitrogens with zero attached hydrogens (tertiary/aromatic N) is 1.